The second-order valence-corrected chi connectivity index (χ2v) is 7.10. The minimum Gasteiger partial charge on any atom is -0.370 e. The number of hydrogen-bond donors (Lipinski definition) is 1. The van der Waals surface area contributed by atoms with E-state index < -0.39 is 0 Å². The van der Waals surface area contributed by atoms with Crippen LogP contribution >= 0.6 is 12.4 Å². The molecule has 3 aromatic carbocycles. The highest BCUT2D eigenvalue weighted by Gasteiger charge is 2.24. The van der Waals surface area contributed by atoms with E-state index in [9.17, 15) is 4.79 Å². The van der Waals surface area contributed by atoms with Gasteiger partial charge in [-0.2, -0.15) is 0 Å². The summed E-state index contributed by atoms with van der Waals surface area (Å²) in [7, 11) is 0. The third-order valence-electron chi connectivity index (χ3n) is 5.36. The quantitative estimate of drug-likeness (QED) is 0.632. The molecule has 1 saturated heterocycles. The number of fused-ring (bicyclic) bond motifs is 1. The minimum atomic E-state index is 0. The summed E-state index contributed by atoms with van der Waals surface area (Å²) in [5.74, 6) is 0. The van der Waals surface area contributed by atoms with Crippen LogP contribution in [0.25, 0.3) is 10.8 Å². The Labute approximate surface area is 166 Å². The summed E-state index contributed by atoms with van der Waals surface area (Å²) in [6.45, 7) is 4.29. The molecule has 1 fully saturated rings. The average molecular weight is 381 g/mol. The third-order valence-corrected chi connectivity index (χ3v) is 5.36. The molecule has 140 valence electrons. The molecule has 1 aliphatic rings. The van der Waals surface area contributed by atoms with E-state index in [0.717, 1.165) is 31.4 Å². The van der Waals surface area contributed by atoms with Crippen LogP contribution < -0.4 is 10.2 Å². The molecule has 0 spiro atoms. The number of hydrogen-bond acceptors (Lipinski definition) is 3. The Kier molecular flexibility index (Phi) is 6.15. The molecular formula is C23H25ClN2O. The maximum Gasteiger partial charge on any atom is 0.150 e. The van der Waals surface area contributed by atoms with Gasteiger partial charge in [-0.25, -0.2) is 0 Å². The van der Waals surface area contributed by atoms with Crippen molar-refractivity contribution in [3.05, 3.63) is 77.9 Å². The molecule has 3 nitrogen and oxygen atoms in total. The first-order valence-corrected chi connectivity index (χ1v) is 9.28. The number of carbonyl (C=O) groups is 1. The molecule has 0 amide bonds. The van der Waals surface area contributed by atoms with E-state index in [-0.39, 0.29) is 12.4 Å². The highest BCUT2D eigenvalue weighted by Crippen LogP contribution is 2.26. The van der Waals surface area contributed by atoms with Crippen LogP contribution in [0.3, 0.4) is 0 Å². The Morgan fingerprint density at radius 1 is 1.04 bits per heavy atom. The van der Waals surface area contributed by atoms with Crippen molar-refractivity contribution in [2.24, 2.45) is 0 Å². The first-order valence-electron chi connectivity index (χ1n) is 9.28. The Balaban J connectivity index is 0.00000210. The van der Waals surface area contributed by atoms with Crippen LogP contribution in [-0.4, -0.2) is 25.4 Å². The van der Waals surface area contributed by atoms with E-state index in [2.05, 4.69) is 59.6 Å². The van der Waals surface area contributed by atoms with Crippen LogP contribution in [0.5, 0.6) is 0 Å². The molecule has 4 heteroatoms. The molecular weight excluding hydrogens is 356 g/mol. The van der Waals surface area contributed by atoms with Crippen molar-refractivity contribution < 1.29 is 4.79 Å². The minimum absolute atomic E-state index is 0. The van der Waals surface area contributed by atoms with Gasteiger partial charge in [0.1, 0.15) is 6.29 Å². The standard InChI is InChI=1S/C23H24N2O.ClH/c1-17(22-8-4-6-19-5-2-3-7-23(19)22)24-20-13-14-25(15-20)21-11-9-18(16-26)10-12-21;/h2-12,16-17,20,24H,13-15H2,1H3;1H/t17-,20+;/m1./s1. The van der Waals surface area contributed by atoms with Gasteiger partial charge >= 0.3 is 0 Å². The summed E-state index contributed by atoms with van der Waals surface area (Å²) in [6, 6.07) is 23.8. The van der Waals surface area contributed by atoms with E-state index >= 15 is 0 Å². The Morgan fingerprint density at radius 3 is 2.56 bits per heavy atom. The highest BCUT2D eigenvalue weighted by molar-refractivity contribution is 5.86. The molecule has 0 bridgehead atoms. The summed E-state index contributed by atoms with van der Waals surface area (Å²) < 4.78 is 0. The van der Waals surface area contributed by atoms with Crippen molar-refractivity contribution in [2.45, 2.75) is 25.4 Å². The molecule has 0 radical (unpaired) electrons. The molecule has 4 rings (SSSR count). The van der Waals surface area contributed by atoms with E-state index in [1.165, 1.54) is 22.0 Å². The van der Waals surface area contributed by atoms with Gasteiger partial charge in [0, 0.05) is 36.4 Å². The molecule has 0 unspecified atom stereocenters. The fraction of sp³-hybridized carbons (Fsp3) is 0.261. The molecule has 3 aromatic rings. The van der Waals surface area contributed by atoms with Crippen LogP contribution in [0.2, 0.25) is 0 Å². The molecule has 1 aliphatic heterocycles. The van der Waals surface area contributed by atoms with Gasteiger partial charge in [-0.1, -0.05) is 42.5 Å². The van der Waals surface area contributed by atoms with Gasteiger partial charge in [0.2, 0.25) is 0 Å². The van der Waals surface area contributed by atoms with Crippen LogP contribution in [-0.2, 0) is 0 Å². The van der Waals surface area contributed by atoms with Crippen LogP contribution in [0.15, 0.2) is 66.7 Å². The molecule has 0 saturated carbocycles. The van der Waals surface area contributed by atoms with Crippen molar-refractivity contribution >= 4 is 35.2 Å². The predicted molar refractivity (Wildman–Crippen MR) is 115 cm³/mol. The molecule has 0 aromatic heterocycles. The predicted octanol–water partition coefficient (Wildman–Crippen LogP) is 5.00. The second-order valence-electron chi connectivity index (χ2n) is 7.10. The number of carbonyl (C=O) groups excluding carboxylic acids is 1. The first-order chi connectivity index (χ1) is 12.7. The van der Waals surface area contributed by atoms with Gasteiger partial charge in [-0.15, -0.1) is 12.4 Å². The topological polar surface area (TPSA) is 32.3 Å². The normalized spacial score (nSPS) is 17.5. The van der Waals surface area contributed by atoms with Crippen molar-refractivity contribution in [3.63, 3.8) is 0 Å². The van der Waals surface area contributed by atoms with Gasteiger partial charge in [-0.3, -0.25) is 4.79 Å². The SMILES string of the molecule is C[C@@H](N[C@H]1CCN(c2ccc(C=O)cc2)C1)c1cccc2ccccc12.Cl. The number of anilines is 1. The third kappa shape index (κ3) is 4.15. The number of nitrogens with one attached hydrogen (secondary N) is 1. The maximum atomic E-state index is 10.8. The zero-order valence-corrected chi connectivity index (χ0v) is 16.3. The number of halogens is 1. The lowest BCUT2D eigenvalue weighted by molar-refractivity contribution is 0.112. The Morgan fingerprint density at radius 2 is 1.78 bits per heavy atom. The van der Waals surface area contributed by atoms with Crippen molar-refractivity contribution in [1.29, 1.82) is 0 Å². The Hall–Kier alpha value is -2.36. The zero-order valence-electron chi connectivity index (χ0n) is 15.5. The first kappa shape index (κ1) is 19.4. The van der Waals surface area contributed by atoms with E-state index in [4.69, 9.17) is 0 Å². The van der Waals surface area contributed by atoms with E-state index in [1.54, 1.807) is 0 Å². The largest absolute Gasteiger partial charge is 0.370 e. The van der Waals surface area contributed by atoms with Gasteiger partial charge in [0.25, 0.3) is 0 Å². The molecule has 1 heterocycles. The number of benzene rings is 3. The molecule has 0 aliphatic carbocycles. The lowest BCUT2D eigenvalue weighted by Crippen LogP contribution is -2.34. The van der Waals surface area contributed by atoms with Crippen LogP contribution in [0.4, 0.5) is 5.69 Å². The van der Waals surface area contributed by atoms with Crippen molar-refractivity contribution in [3.8, 4) is 0 Å². The molecule has 2 atom stereocenters. The summed E-state index contributed by atoms with van der Waals surface area (Å²) in [6.07, 6.45) is 2.02. The highest BCUT2D eigenvalue weighted by atomic mass is 35.5. The zero-order chi connectivity index (χ0) is 17.9. The van der Waals surface area contributed by atoms with Crippen molar-refractivity contribution in [2.75, 3.05) is 18.0 Å². The molecule has 27 heavy (non-hydrogen) atoms. The fourth-order valence-corrected chi connectivity index (χ4v) is 3.97. The lowest BCUT2D eigenvalue weighted by atomic mass is 9.99. The van der Waals surface area contributed by atoms with Gasteiger partial charge < -0.3 is 10.2 Å². The maximum absolute atomic E-state index is 10.8. The number of nitrogens with zero attached hydrogens (tertiary/aromatic N) is 1. The second kappa shape index (κ2) is 8.55. The number of rotatable bonds is 5. The van der Waals surface area contributed by atoms with Gasteiger partial charge in [0.05, 0.1) is 0 Å². The van der Waals surface area contributed by atoms with E-state index in [1.807, 2.05) is 24.3 Å². The summed E-state index contributed by atoms with van der Waals surface area (Å²) >= 11 is 0. The van der Waals surface area contributed by atoms with Crippen LogP contribution in [0, 0.1) is 0 Å². The monoisotopic (exact) mass is 380 g/mol. The van der Waals surface area contributed by atoms with Gasteiger partial charge in [0.15, 0.2) is 0 Å². The number of aldehydes is 1. The smallest absolute Gasteiger partial charge is 0.150 e. The lowest BCUT2D eigenvalue weighted by Gasteiger charge is -2.23. The van der Waals surface area contributed by atoms with Crippen LogP contribution in [0.1, 0.15) is 35.3 Å². The summed E-state index contributed by atoms with van der Waals surface area (Å²) in [4.78, 5) is 13.2. The van der Waals surface area contributed by atoms with Gasteiger partial charge in [-0.05, 0) is 53.9 Å². The summed E-state index contributed by atoms with van der Waals surface area (Å²) in [5, 5.41) is 6.43. The Bertz CT molecular complexity index is 904. The van der Waals surface area contributed by atoms with E-state index in [0.29, 0.717) is 12.1 Å². The summed E-state index contributed by atoms with van der Waals surface area (Å²) in [5.41, 5.74) is 3.28. The van der Waals surface area contributed by atoms with Crippen molar-refractivity contribution in [1.82, 2.24) is 5.32 Å². The average Bonchev–Trinajstić information content (AvgIpc) is 3.16. The fourth-order valence-electron chi connectivity index (χ4n) is 3.97. The molecule has 1 N–H and O–H groups in total.